The molecule has 0 rings (SSSR count). The van der Waals surface area contributed by atoms with Crippen LogP contribution in [0.5, 0.6) is 0 Å². The second-order valence-corrected chi connectivity index (χ2v) is 6.43. The Labute approximate surface area is 98.1 Å². The fourth-order valence-corrected chi connectivity index (χ4v) is 2.10. The first kappa shape index (κ1) is 14.4. The lowest BCUT2D eigenvalue weighted by Crippen LogP contribution is -2.36. The average molecular weight is 250 g/mol. The maximum Gasteiger partial charge on any atom is 0.319 e. The van der Waals surface area contributed by atoms with Gasteiger partial charge in [-0.15, -0.1) is 0 Å². The van der Waals surface area contributed by atoms with Gasteiger partial charge in [-0.3, -0.25) is 9.59 Å². The molecule has 6 heteroatoms. The van der Waals surface area contributed by atoms with Crippen LogP contribution in [-0.4, -0.2) is 31.1 Å². The topological polar surface area (TPSA) is 74.6 Å². The maximum atomic E-state index is 10.9. The van der Waals surface area contributed by atoms with Crippen LogP contribution < -0.4 is 0 Å². The van der Waals surface area contributed by atoms with E-state index in [1.165, 1.54) is 27.7 Å². The standard InChI is InChI=1S/C9H14O4S2/c1-8(2,5(10)11)7(14)15-9(3,4)6(12)13/h1-4H3,(H,10,11)(H,12,13). The van der Waals surface area contributed by atoms with Crippen LogP contribution in [0, 0.1) is 5.41 Å². The van der Waals surface area contributed by atoms with Crippen molar-refractivity contribution >= 4 is 40.1 Å². The largest absolute Gasteiger partial charge is 0.481 e. The molecule has 0 saturated carbocycles. The molecule has 0 aliphatic rings. The number of aliphatic carboxylic acids is 2. The van der Waals surface area contributed by atoms with Gasteiger partial charge in [-0.2, -0.15) is 0 Å². The highest BCUT2D eigenvalue weighted by Crippen LogP contribution is 2.34. The molecular weight excluding hydrogens is 236 g/mol. The van der Waals surface area contributed by atoms with Gasteiger partial charge in [0, 0.05) is 0 Å². The number of hydrogen-bond donors (Lipinski definition) is 2. The van der Waals surface area contributed by atoms with Crippen LogP contribution in [0.1, 0.15) is 27.7 Å². The van der Waals surface area contributed by atoms with Gasteiger partial charge in [0.25, 0.3) is 0 Å². The molecule has 0 amide bonds. The number of carboxylic acid groups (broad SMARTS) is 2. The van der Waals surface area contributed by atoms with E-state index in [1.807, 2.05) is 0 Å². The summed E-state index contributed by atoms with van der Waals surface area (Å²) in [6, 6.07) is 0. The van der Waals surface area contributed by atoms with E-state index in [0.29, 0.717) is 0 Å². The van der Waals surface area contributed by atoms with Gasteiger partial charge in [0.05, 0.1) is 4.20 Å². The summed E-state index contributed by atoms with van der Waals surface area (Å²) in [5.41, 5.74) is -1.20. The molecule has 0 atom stereocenters. The number of thiocarbonyl (C=S) groups is 1. The summed E-state index contributed by atoms with van der Waals surface area (Å²) in [4.78, 5) is 21.7. The molecule has 0 unspecified atom stereocenters. The molecule has 0 heterocycles. The van der Waals surface area contributed by atoms with Crippen molar-refractivity contribution in [1.82, 2.24) is 0 Å². The first-order valence-electron chi connectivity index (χ1n) is 4.22. The quantitative estimate of drug-likeness (QED) is 0.744. The van der Waals surface area contributed by atoms with Crippen LogP contribution in [0.25, 0.3) is 0 Å². The van der Waals surface area contributed by atoms with Gasteiger partial charge in [0.1, 0.15) is 10.2 Å². The lowest BCUT2D eigenvalue weighted by molar-refractivity contribution is -0.143. The van der Waals surface area contributed by atoms with Crippen LogP contribution in [0.3, 0.4) is 0 Å². The maximum absolute atomic E-state index is 10.9. The van der Waals surface area contributed by atoms with E-state index >= 15 is 0 Å². The molecule has 2 N–H and O–H groups in total. The Bertz CT molecular complexity index is 307. The third kappa shape index (κ3) is 3.46. The number of carboxylic acids is 2. The van der Waals surface area contributed by atoms with Crippen LogP contribution in [0.15, 0.2) is 0 Å². The zero-order valence-electron chi connectivity index (χ0n) is 9.03. The van der Waals surface area contributed by atoms with Crippen molar-refractivity contribution in [3.63, 3.8) is 0 Å². The third-order valence-electron chi connectivity index (χ3n) is 1.91. The normalized spacial score (nSPS) is 12.3. The van der Waals surface area contributed by atoms with Crippen molar-refractivity contribution < 1.29 is 19.8 Å². The van der Waals surface area contributed by atoms with E-state index in [0.717, 1.165) is 11.8 Å². The van der Waals surface area contributed by atoms with Crippen molar-refractivity contribution in [2.24, 2.45) is 5.41 Å². The van der Waals surface area contributed by atoms with Gasteiger partial charge in [-0.1, -0.05) is 24.0 Å². The van der Waals surface area contributed by atoms with Crippen molar-refractivity contribution in [2.75, 3.05) is 0 Å². The Morgan fingerprint density at radius 2 is 1.47 bits per heavy atom. The molecule has 0 saturated heterocycles. The molecule has 86 valence electrons. The van der Waals surface area contributed by atoms with Crippen LogP contribution in [0.2, 0.25) is 0 Å². The number of thioether (sulfide) groups is 1. The van der Waals surface area contributed by atoms with E-state index < -0.39 is 22.1 Å². The van der Waals surface area contributed by atoms with Gasteiger partial charge < -0.3 is 10.2 Å². The SMILES string of the molecule is CC(C)(SC(=S)C(C)(C)C(=O)O)C(=O)O. The molecule has 0 bridgehead atoms. The fraction of sp³-hybridized carbons (Fsp3) is 0.667. The number of rotatable bonds is 4. The zero-order chi connectivity index (χ0) is 12.4. The summed E-state index contributed by atoms with van der Waals surface area (Å²) in [6.45, 7) is 5.90. The molecule has 0 aromatic heterocycles. The van der Waals surface area contributed by atoms with Crippen LogP contribution in [-0.2, 0) is 9.59 Å². The zero-order valence-corrected chi connectivity index (χ0v) is 10.7. The Morgan fingerprint density at radius 1 is 1.07 bits per heavy atom. The average Bonchev–Trinajstić information content (AvgIpc) is 2.02. The summed E-state index contributed by atoms with van der Waals surface area (Å²) in [5.74, 6) is -2.07. The van der Waals surface area contributed by atoms with Crippen molar-refractivity contribution in [3.8, 4) is 0 Å². The minimum atomic E-state index is -1.20. The van der Waals surface area contributed by atoms with Gasteiger partial charge >= 0.3 is 11.9 Å². The molecule has 0 spiro atoms. The summed E-state index contributed by atoms with van der Waals surface area (Å²) in [6.07, 6.45) is 0. The van der Waals surface area contributed by atoms with Gasteiger partial charge in [0.2, 0.25) is 0 Å². The number of carbonyl (C=O) groups is 2. The highest BCUT2D eigenvalue weighted by Gasteiger charge is 2.38. The van der Waals surface area contributed by atoms with E-state index in [4.69, 9.17) is 22.4 Å². The Kier molecular flexibility index (Phi) is 4.30. The molecular formula is C9H14O4S2. The van der Waals surface area contributed by atoms with Gasteiger partial charge in [0.15, 0.2) is 0 Å². The molecule has 0 aliphatic carbocycles. The first-order valence-corrected chi connectivity index (χ1v) is 5.44. The fourth-order valence-electron chi connectivity index (χ4n) is 0.490. The molecule has 0 fully saturated rings. The Morgan fingerprint density at radius 3 is 1.73 bits per heavy atom. The molecule has 0 aromatic rings. The van der Waals surface area contributed by atoms with E-state index in [-0.39, 0.29) is 4.20 Å². The van der Waals surface area contributed by atoms with Crippen molar-refractivity contribution in [3.05, 3.63) is 0 Å². The van der Waals surface area contributed by atoms with Crippen LogP contribution >= 0.6 is 24.0 Å². The monoisotopic (exact) mass is 250 g/mol. The predicted molar refractivity (Wildman–Crippen MR) is 63.3 cm³/mol. The second kappa shape index (κ2) is 4.49. The van der Waals surface area contributed by atoms with Crippen LogP contribution in [0.4, 0.5) is 0 Å². The molecule has 0 radical (unpaired) electrons. The predicted octanol–water partition coefficient (Wildman–Crippen LogP) is 2.02. The third-order valence-corrected chi connectivity index (χ3v) is 4.05. The van der Waals surface area contributed by atoms with Gasteiger partial charge in [-0.05, 0) is 27.7 Å². The van der Waals surface area contributed by atoms with E-state index in [9.17, 15) is 9.59 Å². The highest BCUT2D eigenvalue weighted by molar-refractivity contribution is 8.24. The Hall–Kier alpha value is -0.620. The molecule has 0 aromatic carbocycles. The smallest absolute Gasteiger partial charge is 0.319 e. The second-order valence-electron chi connectivity index (χ2n) is 4.14. The van der Waals surface area contributed by atoms with E-state index in [1.54, 1.807) is 0 Å². The summed E-state index contributed by atoms with van der Waals surface area (Å²) in [7, 11) is 0. The minimum Gasteiger partial charge on any atom is -0.481 e. The lowest BCUT2D eigenvalue weighted by atomic mass is 9.97. The summed E-state index contributed by atoms with van der Waals surface area (Å²) in [5, 5.41) is 17.8. The first-order chi connectivity index (χ1) is 6.51. The summed E-state index contributed by atoms with van der Waals surface area (Å²) >= 11 is 5.85. The minimum absolute atomic E-state index is 0.169. The molecule has 4 nitrogen and oxygen atoms in total. The summed E-state index contributed by atoms with van der Waals surface area (Å²) < 4.78 is -0.938. The van der Waals surface area contributed by atoms with Crippen molar-refractivity contribution in [2.45, 2.75) is 32.4 Å². The lowest BCUT2D eigenvalue weighted by Gasteiger charge is -2.25. The van der Waals surface area contributed by atoms with Crippen molar-refractivity contribution in [1.29, 1.82) is 0 Å². The van der Waals surface area contributed by atoms with E-state index in [2.05, 4.69) is 0 Å². The Balaban J connectivity index is 4.79. The highest BCUT2D eigenvalue weighted by atomic mass is 32.2. The molecule has 15 heavy (non-hydrogen) atoms. The molecule has 0 aliphatic heterocycles. The number of hydrogen-bond acceptors (Lipinski definition) is 4. The van der Waals surface area contributed by atoms with Gasteiger partial charge in [-0.25, -0.2) is 0 Å².